The highest BCUT2D eigenvalue weighted by Crippen LogP contribution is 2.17. The number of Topliss-reactive ketones (excluding diaryl/α,β-unsaturated/α-hetero) is 1. The standard InChI is InChI=1S/C22H27N3O5S/c1-16-5-11-20(12-6-16)31(28,29)24-25(22(27)18-4-3-13-23-14-18)15-21(26)17-7-9-19(30-2)10-8-17/h5-12,18,23-24H,3-4,13-15H2,1-2H3. The van der Waals surface area contributed by atoms with Gasteiger partial charge in [0.1, 0.15) is 12.3 Å². The summed E-state index contributed by atoms with van der Waals surface area (Å²) in [7, 11) is -2.51. The summed E-state index contributed by atoms with van der Waals surface area (Å²) in [5.74, 6) is -0.618. The number of hydrogen-bond acceptors (Lipinski definition) is 6. The number of ketones is 1. The van der Waals surface area contributed by atoms with Crippen molar-refractivity contribution in [3.8, 4) is 5.75 Å². The van der Waals surface area contributed by atoms with Gasteiger partial charge in [0.25, 0.3) is 10.0 Å². The third-order valence-corrected chi connectivity index (χ3v) is 6.54. The maximum atomic E-state index is 13.1. The van der Waals surface area contributed by atoms with Crippen molar-refractivity contribution in [1.29, 1.82) is 0 Å². The number of hydrazine groups is 1. The van der Waals surface area contributed by atoms with Crippen LogP contribution in [0.4, 0.5) is 0 Å². The van der Waals surface area contributed by atoms with E-state index in [1.165, 1.54) is 19.2 Å². The first-order chi connectivity index (χ1) is 14.8. The van der Waals surface area contributed by atoms with Crippen LogP contribution in [-0.2, 0) is 14.8 Å². The van der Waals surface area contributed by atoms with Gasteiger partial charge in [-0.05, 0) is 62.7 Å². The van der Waals surface area contributed by atoms with Crippen LogP contribution in [0.3, 0.4) is 0 Å². The van der Waals surface area contributed by atoms with Crippen LogP contribution >= 0.6 is 0 Å². The Balaban J connectivity index is 1.83. The first-order valence-electron chi connectivity index (χ1n) is 10.1. The minimum absolute atomic E-state index is 0.0227. The molecule has 1 saturated heterocycles. The molecule has 3 rings (SSSR count). The molecule has 1 amide bonds. The smallest absolute Gasteiger partial charge is 0.257 e. The number of piperidine rings is 1. The number of carbonyl (C=O) groups is 2. The van der Waals surface area contributed by atoms with Gasteiger partial charge in [-0.15, -0.1) is 4.83 Å². The number of nitrogens with zero attached hydrogens (tertiary/aromatic N) is 1. The molecular weight excluding hydrogens is 418 g/mol. The van der Waals surface area contributed by atoms with Crippen molar-refractivity contribution in [3.05, 3.63) is 59.7 Å². The molecule has 0 aromatic heterocycles. The molecule has 0 radical (unpaired) electrons. The lowest BCUT2D eigenvalue weighted by Crippen LogP contribution is -2.52. The van der Waals surface area contributed by atoms with Crippen molar-refractivity contribution in [3.63, 3.8) is 0 Å². The molecule has 9 heteroatoms. The Morgan fingerprint density at radius 3 is 2.39 bits per heavy atom. The summed E-state index contributed by atoms with van der Waals surface area (Å²) < 4.78 is 30.9. The van der Waals surface area contributed by atoms with Crippen LogP contribution in [0.25, 0.3) is 0 Å². The normalized spacial score (nSPS) is 16.5. The molecule has 1 fully saturated rings. The highest BCUT2D eigenvalue weighted by atomic mass is 32.2. The van der Waals surface area contributed by atoms with Crippen molar-refractivity contribution in [2.75, 3.05) is 26.7 Å². The molecule has 1 aliphatic heterocycles. The second-order valence-electron chi connectivity index (χ2n) is 7.53. The number of methoxy groups -OCH3 is 1. The summed E-state index contributed by atoms with van der Waals surface area (Å²) in [5.41, 5.74) is 1.27. The van der Waals surface area contributed by atoms with Crippen LogP contribution < -0.4 is 14.9 Å². The van der Waals surface area contributed by atoms with Crippen LogP contribution in [0.5, 0.6) is 5.75 Å². The van der Waals surface area contributed by atoms with Gasteiger partial charge < -0.3 is 10.1 Å². The van der Waals surface area contributed by atoms with Crippen molar-refractivity contribution < 1.29 is 22.7 Å². The quantitative estimate of drug-likeness (QED) is 0.475. The fraction of sp³-hybridized carbons (Fsp3) is 0.364. The van der Waals surface area contributed by atoms with Gasteiger partial charge in [-0.2, -0.15) is 0 Å². The predicted octanol–water partition coefficient (Wildman–Crippen LogP) is 1.91. The summed E-state index contributed by atoms with van der Waals surface area (Å²) in [4.78, 5) is 28.3. The fourth-order valence-corrected chi connectivity index (χ4v) is 4.41. The van der Waals surface area contributed by atoms with Gasteiger partial charge in [-0.25, -0.2) is 8.42 Å². The fourth-order valence-electron chi connectivity index (χ4n) is 3.37. The Morgan fingerprint density at radius 1 is 1.13 bits per heavy atom. The molecule has 1 atom stereocenters. The molecule has 1 unspecified atom stereocenters. The topological polar surface area (TPSA) is 105 Å². The van der Waals surface area contributed by atoms with E-state index in [-0.39, 0.29) is 10.7 Å². The van der Waals surface area contributed by atoms with E-state index in [0.29, 0.717) is 24.3 Å². The van der Waals surface area contributed by atoms with E-state index in [9.17, 15) is 18.0 Å². The van der Waals surface area contributed by atoms with E-state index in [1.54, 1.807) is 36.4 Å². The molecule has 2 aromatic carbocycles. The average molecular weight is 446 g/mol. The van der Waals surface area contributed by atoms with E-state index in [4.69, 9.17) is 4.74 Å². The van der Waals surface area contributed by atoms with Gasteiger partial charge in [0.05, 0.1) is 17.9 Å². The molecule has 2 N–H and O–H groups in total. The van der Waals surface area contributed by atoms with Crippen molar-refractivity contribution in [1.82, 2.24) is 15.2 Å². The third-order valence-electron chi connectivity index (χ3n) is 5.19. The number of rotatable bonds is 8. The molecule has 0 saturated carbocycles. The summed E-state index contributed by atoms with van der Waals surface area (Å²) in [6.45, 7) is 2.69. The molecule has 0 spiro atoms. The zero-order chi connectivity index (χ0) is 22.4. The molecule has 0 aliphatic carbocycles. The zero-order valence-electron chi connectivity index (χ0n) is 17.6. The SMILES string of the molecule is COc1ccc(C(=O)CN(NS(=O)(=O)c2ccc(C)cc2)C(=O)C2CCCNC2)cc1. The van der Waals surface area contributed by atoms with Crippen LogP contribution in [0.2, 0.25) is 0 Å². The second kappa shape index (κ2) is 10.0. The molecule has 8 nitrogen and oxygen atoms in total. The Labute approximate surface area is 182 Å². The van der Waals surface area contributed by atoms with Gasteiger partial charge in [-0.3, -0.25) is 14.6 Å². The molecule has 166 valence electrons. The van der Waals surface area contributed by atoms with Crippen molar-refractivity contribution in [2.24, 2.45) is 5.92 Å². The first kappa shape index (κ1) is 22.9. The van der Waals surface area contributed by atoms with Gasteiger partial charge in [0, 0.05) is 12.1 Å². The summed E-state index contributed by atoms with van der Waals surface area (Å²) in [5, 5.41) is 4.08. The lowest BCUT2D eigenvalue weighted by atomic mass is 9.98. The molecule has 1 aliphatic rings. The Hall–Kier alpha value is -2.75. The maximum Gasteiger partial charge on any atom is 0.257 e. The van der Waals surface area contributed by atoms with E-state index in [1.807, 2.05) is 6.92 Å². The number of ether oxygens (including phenoxy) is 1. The van der Waals surface area contributed by atoms with Crippen LogP contribution in [-0.4, -0.2) is 51.9 Å². The number of carbonyl (C=O) groups excluding carboxylic acids is 2. The Bertz CT molecular complexity index is 1010. The minimum atomic E-state index is -4.04. The Morgan fingerprint density at radius 2 is 1.81 bits per heavy atom. The molecule has 1 heterocycles. The number of amides is 1. The molecule has 2 aromatic rings. The number of nitrogens with one attached hydrogen (secondary N) is 2. The van der Waals surface area contributed by atoms with E-state index in [0.717, 1.165) is 23.5 Å². The number of sulfonamides is 1. The monoisotopic (exact) mass is 445 g/mol. The van der Waals surface area contributed by atoms with Gasteiger partial charge >= 0.3 is 0 Å². The predicted molar refractivity (Wildman–Crippen MR) is 116 cm³/mol. The van der Waals surface area contributed by atoms with Crippen LogP contribution in [0.1, 0.15) is 28.8 Å². The molecular formula is C22H27N3O5S. The highest BCUT2D eigenvalue weighted by molar-refractivity contribution is 7.89. The van der Waals surface area contributed by atoms with Crippen LogP contribution in [0, 0.1) is 12.8 Å². The summed E-state index contributed by atoms with van der Waals surface area (Å²) in [6, 6.07) is 12.7. The molecule has 0 bridgehead atoms. The minimum Gasteiger partial charge on any atom is -0.497 e. The maximum absolute atomic E-state index is 13.1. The van der Waals surface area contributed by atoms with E-state index in [2.05, 4.69) is 10.1 Å². The third kappa shape index (κ3) is 5.90. The average Bonchev–Trinajstić information content (AvgIpc) is 2.79. The zero-order valence-corrected chi connectivity index (χ0v) is 18.4. The van der Waals surface area contributed by atoms with Crippen molar-refractivity contribution >= 4 is 21.7 Å². The molecule has 31 heavy (non-hydrogen) atoms. The lowest BCUT2D eigenvalue weighted by Gasteiger charge is -2.29. The number of aryl methyl sites for hydroxylation is 1. The Kier molecular flexibility index (Phi) is 7.42. The second-order valence-corrected chi connectivity index (χ2v) is 9.19. The largest absolute Gasteiger partial charge is 0.497 e. The van der Waals surface area contributed by atoms with Gasteiger partial charge in [0.15, 0.2) is 5.78 Å². The van der Waals surface area contributed by atoms with Gasteiger partial charge in [0.2, 0.25) is 5.91 Å². The van der Waals surface area contributed by atoms with Gasteiger partial charge in [-0.1, -0.05) is 17.7 Å². The summed E-state index contributed by atoms with van der Waals surface area (Å²) >= 11 is 0. The van der Waals surface area contributed by atoms with Crippen molar-refractivity contribution in [2.45, 2.75) is 24.7 Å². The number of benzene rings is 2. The summed E-state index contributed by atoms with van der Waals surface area (Å²) in [6.07, 6.45) is 1.44. The highest BCUT2D eigenvalue weighted by Gasteiger charge is 2.31. The first-order valence-corrected chi connectivity index (χ1v) is 11.6. The lowest BCUT2D eigenvalue weighted by molar-refractivity contribution is -0.137. The van der Waals surface area contributed by atoms with E-state index >= 15 is 0 Å². The number of hydrogen-bond donors (Lipinski definition) is 2. The van der Waals surface area contributed by atoms with Crippen LogP contribution in [0.15, 0.2) is 53.4 Å². The van der Waals surface area contributed by atoms with E-state index < -0.39 is 28.4 Å².